The van der Waals surface area contributed by atoms with Gasteiger partial charge in [0.05, 0.1) is 22.8 Å². The zero-order valence-corrected chi connectivity index (χ0v) is 16.6. The number of pyridine rings is 1. The van der Waals surface area contributed by atoms with E-state index in [1.807, 2.05) is 41.1 Å². The highest BCUT2D eigenvalue weighted by molar-refractivity contribution is 6.33. The van der Waals surface area contributed by atoms with Crippen LogP contribution in [0, 0.1) is 0 Å². The van der Waals surface area contributed by atoms with Gasteiger partial charge in [-0.15, -0.1) is 0 Å². The first-order valence-corrected chi connectivity index (χ1v) is 9.72. The number of fused-ring (bicyclic) bond motifs is 2. The molecule has 3 aromatic heterocycles. The van der Waals surface area contributed by atoms with Gasteiger partial charge in [0.25, 0.3) is 0 Å². The van der Waals surface area contributed by atoms with Crippen LogP contribution in [0.25, 0.3) is 21.9 Å². The number of aromatic nitrogens is 4. The SMILES string of the molecule is O=C(c1nc2ccncc2[nH]1)c1cn(Cc2cc(Cl)ccc2Cl)c2ccccc12. The van der Waals surface area contributed by atoms with Crippen LogP contribution in [0.1, 0.15) is 21.7 Å². The quantitative estimate of drug-likeness (QED) is 0.390. The molecule has 0 aliphatic heterocycles. The molecule has 0 amide bonds. The predicted molar refractivity (Wildman–Crippen MR) is 115 cm³/mol. The lowest BCUT2D eigenvalue weighted by Gasteiger charge is -2.08. The van der Waals surface area contributed by atoms with Crippen molar-refractivity contribution in [1.29, 1.82) is 0 Å². The van der Waals surface area contributed by atoms with E-state index in [2.05, 4.69) is 15.0 Å². The summed E-state index contributed by atoms with van der Waals surface area (Å²) in [6, 6.07) is 14.9. The van der Waals surface area contributed by atoms with Crippen LogP contribution in [0.2, 0.25) is 10.0 Å². The molecular formula is C22H14Cl2N4O. The zero-order valence-electron chi connectivity index (χ0n) is 15.1. The number of imidazole rings is 1. The van der Waals surface area contributed by atoms with Gasteiger partial charge in [0, 0.05) is 39.9 Å². The minimum absolute atomic E-state index is 0.173. The Balaban J connectivity index is 1.61. The van der Waals surface area contributed by atoms with E-state index in [4.69, 9.17) is 23.2 Å². The first-order chi connectivity index (χ1) is 14.1. The van der Waals surface area contributed by atoms with Crippen molar-refractivity contribution in [2.24, 2.45) is 0 Å². The summed E-state index contributed by atoms with van der Waals surface area (Å²) in [5.74, 6) is 0.116. The lowest BCUT2D eigenvalue weighted by molar-refractivity contribution is 0.103. The van der Waals surface area contributed by atoms with Crippen molar-refractivity contribution in [3.63, 3.8) is 0 Å². The lowest BCUT2D eigenvalue weighted by atomic mass is 10.1. The Morgan fingerprint density at radius 1 is 1.10 bits per heavy atom. The second kappa shape index (κ2) is 7.03. The third kappa shape index (κ3) is 3.18. The highest BCUT2D eigenvalue weighted by atomic mass is 35.5. The Bertz CT molecular complexity index is 1350. The number of hydrogen-bond donors (Lipinski definition) is 1. The summed E-state index contributed by atoms with van der Waals surface area (Å²) in [6.45, 7) is 0.497. The van der Waals surface area contributed by atoms with E-state index in [9.17, 15) is 4.79 Å². The van der Waals surface area contributed by atoms with Crippen molar-refractivity contribution in [1.82, 2.24) is 19.5 Å². The number of nitrogens with one attached hydrogen (secondary N) is 1. The van der Waals surface area contributed by atoms with Crippen molar-refractivity contribution in [3.8, 4) is 0 Å². The van der Waals surface area contributed by atoms with E-state index < -0.39 is 0 Å². The minimum Gasteiger partial charge on any atom is -0.342 e. The molecule has 0 spiro atoms. The van der Waals surface area contributed by atoms with Gasteiger partial charge in [-0.25, -0.2) is 4.98 Å². The molecule has 0 saturated heterocycles. The maximum atomic E-state index is 13.2. The summed E-state index contributed by atoms with van der Waals surface area (Å²) in [6.07, 6.45) is 5.15. The van der Waals surface area contributed by atoms with Crippen LogP contribution in [0.5, 0.6) is 0 Å². The minimum atomic E-state index is -0.173. The molecule has 142 valence electrons. The maximum absolute atomic E-state index is 13.2. The Labute approximate surface area is 175 Å². The molecule has 5 nitrogen and oxygen atoms in total. The van der Waals surface area contributed by atoms with Crippen LogP contribution >= 0.6 is 23.2 Å². The van der Waals surface area contributed by atoms with Gasteiger partial charge in [0.1, 0.15) is 0 Å². The number of para-hydroxylation sites is 1. The molecule has 1 N–H and O–H groups in total. The number of benzene rings is 2. The van der Waals surface area contributed by atoms with Gasteiger partial charge in [-0.2, -0.15) is 0 Å². The summed E-state index contributed by atoms with van der Waals surface area (Å²) in [4.78, 5) is 24.8. The molecule has 0 fully saturated rings. The topological polar surface area (TPSA) is 63.6 Å². The van der Waals surface area contributed by atoms with Gasteiger partial charge in [-0.05, 0) is 35.9 Å². The summed E-state index contributed by atoms with van der Waals surface area (Å²) < 4.78 is 2.00. The third-order valence-electron chi connectivity index (χ3n) is 4.88. The number of aromatic amines is 1. The number of halogens is 2. The fourth-order valence-corrected chi connectivity index (χ4v) is 3.87. The molecule has 3 heterocycles. The Morgan fingerprint density at radius 3 is 2.83 bits per heavy atom. The summed E-state index contributed by atoms with van der Waals surface area (Å²) >= 11 is 12.5. The molecule has 2 aromatic carbocycles. The third-order valence-corrected chi connectivity index (χ3v) is 5.48. The average molecular weight is 421 g/mol. The Kier molecular flexibility index (Phi) is 4.34. The van der Waals surface area contributed by atoms with Gasteiger partial charge in [0.15, 0.2) is 5.82 Å². The number of hydrogen-bond acceptors (Lipinski definition) is 3. The normalized spacial score (nSPS) is 11.4. The van der Waals surface area contributed by atoms with E-state index in [-0.39, 0.29) is 11.6 Å². The fourth-order valence-electron chi connectivity index (χ4n) is 3.50. The van der Waals surface area contributed by atoms with Gasteiger partial charge in [-0.1, -0.05) is 41.4 Å². The van der Waals surface area contributed by atoms with Crippen LogP contribution < -0.4 is 0 Å². The number of ketones is 1. The Morgan fingerprint density at radius 2 is 1.97 bits per heavy atom. The first kappa shape index (κ1) is 17.9. The fraction of sp³-hybridized carbons (Fsp3) is 0.0455. The standard InChI is InChI=1S/C22H14Cl2N4O/c23-14-5-6-17(24)13(9-14)11-28-12-16(15-3-1-2-4-20(15)28)21(29)22-26-18-7-8-25-10-19(18)27-22/h1-10,12H,11H2,(H,26,27). The molecular weight excluding hydrogens is 407 g/mol. The first-order valence-electron chi connectivity index (χ1n) is 8.96. The van der Waals surface area contributed by atoms with Crippen molar-refractivity contribution in [2.75, 3.05) is 0 Å². The number of rotatable bonds is 4. The van der Waals surface area contributed by atoms with Crippen LogP contribution in [0.4, 0.5) is 0 Å². The van der Waals surface area contributed by atoms with Gasteiger partial charge in [0.2, 0.25) is 5.78 Å². The monoisotopic (exact) mass is 420 g/mol. The molecule has 0 bridgehead atoms. The predicted octanol–water partition coefficient (Wildman–Crippen LogP) is 5.50. The number of nitrogens with zero attached hydrogens (tertiary/aromatic N) is 3. The summed E-state index contributed by atoms with van der Waals surface area (Å²) in [7, 11) is 0. The zero-order chi connectivity index (χ0) is 20.0. The smallest absolute Gasteiger partial charge is 0.230 e. The molecule has 0 radical (unpaired) electrons. The number of carbonyl (C=O) groups is 1. The second-order valence-corrected chi connectivity index (χ2v) is 7.57. The second-order valence-electron chi connectivity index (χ2n) is 6.73. The van der Waals surface area contributed by atoms with Gasteiger partial charge in [-0.3, -0.25) is 9.78 Å². The summed E-state index contributed by atoms with van der Waals surface area (Å²) in [5.41, 5.74) is 3.83. The molecule has 0 aliphatic rings. The van der Waals surface area contributed by atoms with Crippen molar-refractivity contribution in [2.45, 2.75) is 6.54 Å². The molecule has 5 rings (SSSR count). The molecule has 0 aliphatic carbocycles. The number of carbonyl (C=O) groups excluding carboxylic acids is 1. The van der Waals surface area contributed by atoms with Crippen molar-refractivity contribution < 1.29 is 4.79 Å². The summed E-state index contributed by atoms with van der Waals surface area (Å²) in [5, 5.41) is 2.10. The van der Waals surface area contributed by atoms with Crippen LogP contribution in [0.15, 0.2) is 67.1 Å². The van der Waals surface area contributed by atoms with E-state index in [1.165, 1.54) is 0 Å². The Hall–Kier alpha value is -3.15. The largest absolute Gasteiger partial charge is 0.342 e. The van der Waals surface area contributed by atoms with Crippen molar-refractivity contribution >= 4 is 50.9 Å². The van der Waals surface area contributed by atoms with Crippen LogP contribution in [-0.2, 0) is 6.54 Å². The van der Waals surface area contributed by atoms with Gasteiger partial charge < -0.3 is 9.55 Å². The average Bonchev–Trinajstić information content (AvgIpc) is 3.32. The number of H-pyrrole nitrogens is 1. The molecule has 0 atom stereocenters. The van der Waals surface area contributed by atoms with E-state index in [1.54, 1.807) is 30.6 Å². The van der Waals surface area contributed by atoms with Crippen molar-refractivity contribution in [3.05, 3.63) is 94.1 Å². The van der Waals surface area contributed by atoms with Crippen LogP contribution in [-0.4, -0.2) is 25.3 Å². The van der Waals surface area contributed by atoms with E-state index in [0.29, 0.717) is 27.7 Å². The maximum Gasteiger partial charge on any atom is 0.230 e. The molecule has 29 heavy (non-hydrogen) atoms. The van der Waals surface area contributed by atoms with Crippen LogP contribution in [0.3, 0.4) is 0 Å². The molecule has 0 saturated carbocycles. The highest BCUT2D eigenvalue weighted by Gasteiger charge is 2.20. The van der Waals surface area contributed by atoms with E-state index in [0.717, 1.165) is 22.0 Å². The van der Waals surface area contributed by atoms with E-state index >= 15 is 0 Å². The molecule has 7 heteroatoms. The molecule has 0 unspecified atom stereocenters. The lowest BCUT2D eigenvalue weighted by Crippen LogP contribution is -2.03. The van der Waals surface area contributed by atoms with Gasteiger partial charge >= 0.3 is 0 Å². The molecule has 5 aromatic rings. The highest BCUT2D eigenvalue weighted by Crippen LogP contribution is 2.27.